The first-order valence-electron chi connectivity index (χ1n) is 6.50. The van der Waals surface area contributed by atoms with Crippen LogP contribution in [0.3, 0.4) is 0 Å². The highest BCUT2D eigenvalue weighted by molar-refractivity contribution is 14.1. The molecule has 0 aliphatic heterocycles. The number of rotatable bonds is 6. The number of nitro groups is 1. The Morgan fingerprint density at radius 2 is 2.09 bits per heavy atom. The molecule has 23 heavy (non-hydrogen) atoms. The zero-order valence-corrected chi connectivity index (χ0v) is 14.0. The second-order valence-electron chi connectivity index (χ2n) is 4.38. The van der Waals surface area contributed by atoms with Crippen molar-refractivity contribution in [1.29, 1.82) is 0 Å². The van der Waals surface area contributed by atoms with Gasteiger partial charge in [-0.2, -0.15) is 0 Å². The van der Waals surface area contributed by atoms with Crippen LogP contribution in [0.1, 0.15) is 5.56 Å². The molecule has 1 N–H and O–H groups in total. The predicted molar refractivity (Wildman–Crippen MR) is 94.4 cm³/mol. The van der Waals surface area contributed by atoms with Crippen molar-refractivity contribution in [2.45, 2.75) is 0 Å². The maximum atomic E-state index is 11.7. The fourth-order valence-electron chi connectivity index (χ4n) is 1.72. The van der Waals surface area contributed by atoms with E-state index in [1.165, 1.54) is 18.3 Å². The fraction of sp³-hybridized carbons (Fsp3) is 0.0667. The second-order valence-corrected chi connectivity index (χ2v) is 5.63. The summed E-state index contributed by atoms with van der Waals surface area (Å²) in [7, 11) is 0. The Bertz CT molecular complexity index is 749. The molecule has 0 saturated heterocycles. The maximum Gasteiger partial charge on any atom is 0.278 e. The first-order chi connectivity index (χ1) is 11.1. The number of benzene rings is 2. The van der Waals surface area contributed by atoms with E-state index in [4.69, 9.17) is 4.84 Å². The fourth-order valence-corrected chi connectivity index (χ4v) is 2.26. The molecule has 1 amide bonds. The van der Waals surface area contributed by atoms with E-state index in [0.29, 0.717) is 11.3 Å². The van der Waals surface area contributed by atoms with Crippen LogP contribution in [0, 0.1) is 13.7 Å². The molecular weight excluding hydrogens is 413 g/mol. The Kier molecular flexibility index (Phi) is 6.03. The van der Waals surface area contributed by atoms with E-state index >= 15 is 0 Å². The Morgan fingerprint density at radius 3 is 2.83 bits per heavy atom. The van der Waals surface area contributed by atoms with Gasteiger partial charge >= 0.3 is 0 Å². The Hall–Kier alpha value is -2.49. The minimum Gasteiger partial charge on any atom is -0.386 e. The number of nitrogens with one attached hydrogen (secondary N) is 1. The number of carbonyl (C=O) groups is 1. The molecule has 0 unspecified atom stereocenters. The Morgan fingerprint density at radius 1 is 1.30 bits per heavy atom. The van der Waals surface area contributed by atoms with Crippen LogP contribution in [0.2, 0.25) is 0 Å². The molecule has 0 fully saturated rings. The monoisotopic (exact) mass is 425 g/mol. The van der Waals surface area contributed by atoms with Gasteiger partial charge in [-0.15, -0.1) is 0 Å². The summed E-state index contributed by atoms with van der Waals surface area (Å²) in [6, 6.07) is 13.4. The Labute approximate surface area is 145 Å². The van der Waals surface area contributed by atoms with Gasteiger partial charge in [0.05, 0.1) is 16.7 Å². The quantitative estimate of drug-likeness (QED) is 0.333. The van der Waals surface area contributed by atoms with Crippen LogP contribution in [0.4, 0.5) is 11.4 Å². The van der Waals surface area contributed by atoms with Crippen molar-refractivity contribution in [2.75, 3.05) is 11.9 Å². The summed E-state index contributed by atoms with van der Waals surface area (Å²) >= 11 is 2.14. The molecule has 0 aromatic heterocycles. The molecule has 0 aliphatic rings. The van der Waals surface area contributed by atoms with Crippen molar-refractivity contribution >= 4 is 46.1 Å². The minimum absolute atomic E-state index is 0.0804. The summed E-state index contributed by atoms with van der Waals surface area (Å²) in [5.74, 6) is -0.369. The lowest BCUT2D eigenvalue weighted by molar-refractivity contribution is -0.385. The van der Waals surface area contributed by atoms with E-state index in [0.717, 1.165) is 3.57 Å². The molecule has 0 bridgehead atoms. The Balaban J connectivity index is 1.87. The van der Waals surface area contributed by atoms with E-state index in [9.17, 15) is 14.9 Å². The van der Waals surface area contributed by atoms with Crippen molar-refractivity contribution in [3.63, 3.8) is 0 Å². The third kappa shape index (κ3) is 5.33. The van der Waals surface area contributed by atoms with Gasteiger partial charge in [-0.25, -0.2) is 0 Å². The maximum absolute atomic E-state index is 11.7. The van der Waals surface area contributed by atoms with Gasteiger partial charge in [0.2, 0.25) is 0 Å². The van der Waals surface area contributed by atoms with Crippen LogP contribution in [0.5, 0.6) is 0 Å². The van der Waals surface area contributed by atoms with Crippen molar-refractivity contribution in [2.24, 2.45) is 5.16 Å². The van der Waals surface area contributed by atoms with Gasteiger partial charge in [0.1, 0.15) is 0 Å². The van der Waals surface area contributed by atoms with Gasteiger partial charge in [-0.05, 0) is 46.9 Å². The van der Waals surface area contributed by atoms with E-state index in [1.807, 2.05) is 18.2 Å². The normalized spacial score (nSPS) is 10.5. The van der Waals surface area contributed by atoms with Gasteiger partial charge in [0.25, 0.3) is 11.6 Å². The van der Waals surface area contributed by atoms with Crippen molar-refractivity contribution in [1.82, 2.24) is 0 Å². The van der Waals surface area contributed by atoms with E-state index < -0.39 is 4.92 Å². The molecule has 8 heteroatoms. The van der Waals surface area contributed by atoms with Crippen LogP contribution < -0.4 is 5.32 Å². The van der Waals surface area contributed by atoms with Gasteiger partial charge < -0.3 is 10.2 Å². The lowest BCUT2D eigenvalue weighted by Gasteiger charge is -2.04. The third-order valence-electron chi connectivity index (χ3n) is 2.70. The number of para-hydroxylation sites is 1. The molecule has 0 heterocycles. The molecule has 2 aromatic carbocycles. The number of hydrogen-bond acceptors (Lipinski definition) is 5. The molecule has 2 rings (SSSR count). The van der Waals surface area contributed by atoms with E-state index in [2.05, 4.69) is 33.1 Å². The van der Waals surface area contributed by atoms with Crippen molar-refractivity contribution in [3.8, 4) is 0 Å². The molecule has 118 valence electrons. The van der Waals surface area contributed by atoms with Gasteiger partial charge in [-0.1, -0.05) is 23.4 Å². The number of hydrogen-bond donors (Lipinski definition) is 1. The lowest BCUT2D eigenvalue weighted by Crippen LogP contribution is -2.17. The standard InChI is InChI=1S/C15H12IN3O4/c16-12-5-3-6-13(8-12)18-15(20)10-23-17-9-11-4-1-2-7-14(11)19(21)22/h1-9H,10H2,(H,18,20)/b17-9+. The van der Waals surface area contributed by atoms with Gasteiger partial charge in [0, 0.05) is 15.3 Å². The SMILES string of the molecule is O=C(CO/N=C/c1ccccc1[N+](=O)[O-])Nc1cccc(I)c1. The molecule has 0 radical (unpaired) electrons. The largest absolute Gasteiger partial charge is 0.386 e. The summed E-state index contributed by atoms with van der Waals surface area (Å²) in [4.78, 5) is 26.9. The number of carbonyl (C=O) groups excluding carboxylic acids is 1. The number of halogens is 1. The highest BCUT2D eigenvalue weighted by Crippen LogP contribution is 2.15. The molecule has 7 nitrogen and oxygen atoms in total. The van der Waals surface area contributed by atoms with Crippen LogP contribution in [-0.4, -0.2) is 23.7 Å². The van der Waals surface area contributed by atoms with Gasteiger partial charge in [-0.3, -0.25) is 14.9 Å². The number of nitrogens with zero attached hydrogens (tertiary/aromatic N) is 2. The van der Waals surface area contributed by atoms with Gasteiger partial charge in [0.15, 0.2) is 6.61 Å². The molecule has 0 aliphatic carbocycles. The molecule has 2 aromatic rings. The van der Waals surface area contributed by atoms with Crippen LogP contribution in [0.25, 0.3) is 0 Å². The highest BCUT2D eigenvalue weighted by atomic mass is 127. The van der Waals surface area contributed by atoms with E-state index in [1.54, 1.807) is 18.2 Å². The minimum atomic E-state index is -0.509. The van der Waals surface area contributed by atoms with Crippen LogP contribution in [0.15, 0.2) is 53.7 Å². The van der Waals surface area contributed by atoms with Crippen molar-refractivity contribution in [3.05, 3.63) is 67.8 Å². The lowest BCUT2D eigenvalue weighted by atomic mass is 10.2. The predicted octanol–water partition coefficient (Wildman–Crippen LogP) is 3.19. The number of oxime groups is 1. The molecule has 0 spiro atoms. The summed E-state index contributed by atoms with van der Waals surface area (Å²) in [6.45, 7) is -0.289. The number of nitro benzene ring substituents is 1. The first-order valence-corrected chi connectivity index (χ1v) is 7.58. The summed E-state index contributed by atoms with van der Waals surface area (Å²) in [6.07, 6.45) is 1.21. The topological polar surface area (TPSA) is 93.8 Å². The number of amides is 1. The first kappa shape index (κ1) is 16.9. The van der Waals surface area contributed by atoms with E-state index in [-0.39, 0.29) is 18.2 Å². The number of anilines is 1. The van der Waals surface area contributed by atoms with Crippen LogP contribution in [-0.2, 0) is 9.63 Å². The average Bonchev–Trinajstić information content (AvgIpc) is 2.52. The summed E-state index contributed by atoms with van der Waals surface area (Å²) in [5.41, 5.74) is 0.881. The highest BCUT2D eigenvalue weighted by Gasteiger charge is 2.10. The average molecular weight is 425 g/mol. The van der Waals surface area contributed by atoms with Crippen molar-refractivity contribution < 1.29 is 14.6 Å². The zero-order chi connectivity index (χ0) is 16.7. The molecule has 0 atom stereocenters. The second kappa shape index (κ2) is 8.22. The third-order valence-corrected chi connectivity index (χ3v) is 3.37. The smallest absolute Gasteiger partial charge is 0.278 e. The summed E-state index contributed by atoms with van der Waals surface area (Å²) < 4.78 is 0.996. The molecular formula is C15H12IN3O4. The summed E-state index contributed by atoms with van der Waals surface area (Å²) in [5, 5.41) is 17.1. The zero-order valence-electron chi connectivity index (χ0n) is 11.8. The van der Waals surface area contributed by atoms with Crippen LogP contribution >= 0.6 is 22.6 Å². The molecule has 0 saturated carbocycles.